The van der Waals surface area contributed by atoms with Gasteiger partial charge in [0, 0.05) is 5.39 Å². The Bertz CT molecular complexity index is 870. The van der Waals surface area contributed by atoms with E-state index in [1.165, 1.54) is 23.0 Å². The lowest BCUT2D eigenvalue weighted by Crippen LogP contribution is -2.02. The minimum atomic E-state index is -1.02. The maximum absolute atomic E-state index is 11.2. The first-order valence-electron chi connectivity index (χ1n) is 6.03. The topological polar surface area (TPSA) is 98.3 Å². The number of rotatable bonds is 3. The Hall–Kier alpha value is -3.22. The van der Waals surface area contributed by atoms with E-state index in [-0.39, 0.29) is 11.4 Å². The molecule has 1 N–H and O–H groups in total. The molecule has 0 radical (unpaired) electrons. The van der Waals surface area contributed by atoms with Crippen LogP contribution in [0.25, 0.3) is 16.5 Å². The average molecular weight is 283 g/mol. The summed E-state index contributed by atoms with van der Waals surface area (Å²) < 4.78 is 1.37. The van der Waals surface area contributed by atoms with Crippen molar-refractivity contribution >= 4 is 22.6 Å². The zero-order chi connectivity index (χ0) is 15.0. The molecule has 0 aliphatic heterocycles. The number of nitro groups is 1. The van der Waals surface area contributed by atoms with Gasteiger partial charge in [0.2, 0.25) is 0 Å². The van der Waals surface area contributed by atoms with E-state index in [0.717, 1.165) is 0 Å². The van der Waals surface area contributed by atoms with Crippen LogP contribution in [0.3, 0.4) is 0 Å². The van der Waals surface area contributed by atoms with Gasteiger partial charge in [-0.15, -0.1) is 4.68 Å². The quantitative estimate of drug-likeness (QED) is 0.588. The monoisotopic (exact) mass is 283 g/mol. The highest BCUT2D eigenvalue weighted by molar-refractivity contribution is 6.06. The van der Waals surface area contributed by atoms with Gasteiger partial charge in [0.05, 0.1) is 28.6 Å². The van der Waals surface area contributed by atoms with Crippen molar-refractivity contribution in [2.45, 2.75) is 0 Å². The lowest BCUT2D eigenvalue weighted by molar-refractivity contribution is -0.389. The molecule has 0 fully saturated rings. The van der Waals surface area contributed by atoms with Crippen molar-refractivity contribution in [3.8, 4) is 5.69 Å². The normalized spacial score (nSPS) is 10.7. The molecular weight excluding hydrogens is 274 g/mol. The van der Waals surface area contributed by atoms with Crippen LogP contribution in [0.1, 0.15) is 10.4 Å². The van der Waals surface area contributed by atoms with Crippen molar-refractivity contribution < 1.29 is 14.8 Å². The predicted octanol–water partition coefficient (Wildman–Crippen LogP) is 2.63. The lowest BCUT2D eigenvalue weighted by atomic mass is 10.0. The molecule has 104 valence electrons. The number of carboxylic acid groups (broad SMARTS) is 1. The maximum atomic E-state index is 11.2. The first-order chi connectivity index (χ1) is 10.1. The number of carbonyl (C=O) groups is 1. The van der Waals surface area contributed by atoms with Gasteiger partial charge < -0.3 is 15.2 Å². The predicted molar refractivity (Wildman–Crippen MR) is 74.7 cm³/mol. The fourth-order valence-corrected chi connectivity index (χ4v) is 2.22. The Kier molecular flexibility index (Phi) is 2.87. The van der Waals surface area contributed by atoms with E-state index >= 15 is 0 Å². The van der Waals surface area contributed by atoms with E-state index in [1.54, 1.807) is 30.3 Å². The number of hydrogen-bond acceptors (Lipinski definition) is 4. The van der Waals surface area contributed by atoms with Crippen molar-refractivity contribution in [2.75, 3.05) is 0 Å². The number of carboxylic acids is 1. The summed E-state index contributed by atoms with van der Waals surface area (Å²) in [5, 5.41) is 25.0. The summed E-state index contributed by atoms with van der Waals surface area (Å²) in [5.41, 5.74) is 0.764. The Morgan fingerprint density at radius 1 is 1.14 bits per heavy atom. The summed E-state index contributed by atoms with van der Waals surface area (Å²) >= 11 is 0. The Morgan fingerprint density at radius 3 is 2.48 bits per heavy atom. The molecule has 2 aromatic carbocycles. The fraction of sp³-hybridized carbons (Fsp3) is 0. The minimum Gasteiger partial charge on any atom is -0.478 e. The lowest BCUT2D eigenvalue weighted by Gasteiger charge is -2.06. The van der Waals surface area contributed by atoms with Gasteiger partial charge >= 0.3 is 11.8 Å². The zero-order valence-electron chi connectivity index (χ0n) is 10.6. The first-order valence-corrected chi connectivity index (χ1v) is 6.03. The molecule has 1 heterocycles. The van der Waals surface area contributed by atoms with E-state index in [1.807, 2.05) is 0 Å². The van der Waals surface area contributed by atoms with Crippen molar-refractivity contribution in [2.24, 2.45) is 0 Å². The van der Waals surface area contributed by atoms with Crippen molar-refractivity contribution in [1.29, 1.82) is 0 Å². The van der Waals surface area contributed by atoms with E-state index < -0.39 is 10.9 Å². The largest absolute Gasteiger partial charge is 0.478 e. The molecular formula is C14H9N3O4. The molecule has 0 bridgehead atoms. The molecule has 0 saturated carbocycles. The van der Waals surface area contributed by atoms with Crippen LogP contribution in [0.2, 0.25) is 0 Å². The van der Waals surface area contributed by atoms with Gasteiger partial charge in [-0.25, -0.2) is 4.79 Å². The summed E-state index contributed by atoms with van der Waals surface area (Å²) in [5.74, 6) is -1.29. The van der Waals surface area contributed by atoms with Gasteiger partial charge in [0.1, 0.15) is 0 Å². The Balaban J connectivity index is 2.26. The van der Waals surface area contributed by atoms with Crippen molar-refractivity contribution in [1.82, 2.24) is 9.78 Å². The molecule has 7 heteroatoms. The van der Waals surface area contributed by atoms with Crippen LogP contribution in [0.5, 0.6) is 0 Å². The molecule has 1 aromatic heterocycles. The number of benzene rings is 2. The van der Waals surface area contributed by atoms with Crippen LogP contribution >= 0.6 is 0 Å². The molecule has 0 aliphatic rings. The first kappa shape index (κ1) is 12.8. The van der Waals surface area contributed by atoms with E-state index in [4.69, 9.17) is 0 Å². The smallest absolute Gasteiger partial charge is 0.390 e. The van der Waals surface area contributed by atoms with Crippen LogP contribution in [-0.2, 0) is 0 Å². The summed E-state index contributed by atoms with van der Waals surface area (Å²) in [7, 11) is 0. The maximum Gasteiger partial charge on any atom is 0.390 e. The zero-order valence-corrected chi connectivity index (χ0v) is 10.6. The molecule has 0 aliphatic carbocycles. The van der Waals surface area contributed by atoms with Crippen LogP contribution in [-0.4, -0.2) is 25.8 Å². The van der Waals surface area contributed by atoms with E-state index in [0.29, 0.717) is 16.5 Å². The fourth-order valence-electron chi connectivity index (χ4n) is 2.22. The molecule has 21 heavy (non-hydrogen) atoms. The highest BCUT2D eigenvalue weighted by atomic mass is 16.6. The third kappa shape index (κ3) is 2.10. The number of fused-ring (bicyclic) bond motifs is 1. The Morgan fingerprint density at radius 2 is 1.86 bits per heavy atom. The number of aromatic carboxylic acids is 1. The molecule has 7 nitrogen and oxygen atoms in total. The second-order valence-electron chi connectivity index (χ2n) is 4.36. The SMILES string of the molecule is O=C(O)c1ccc(-n2ccc([N+](=O)[O-])n2)c2ccccc12. The Labute approximate surface area is 118 Å². The molecule has 0 atom stereocenters. The molecule has 0 unspecified atom stereocenters. The number of aromatic nitrogens is 2. The van der Waals surface area contributed by atoms with Gasteiger partial charge in [-0.05, 0) is 22.4 Å². The summed E-state index contributed by atoms with van der Waals surface area (Å²) in [6.07, 6.45) is 1.47. The van der Waals surface area contributed by atoms with E-state index in [9.17, 15) is 20.0 Å². The molecule has 3 aromatic rings. The molecule has 0 spiro atoms. The standard InChI is InChI=1S/C14H9N3O4/c18-14(19)11-5-6-12(10-4-2-1-3-9(10)11)16-8-7-13(15-16)17(20)21/h1-8H,(H,18,19). The van der Waals surface area contributed by atoms with Gasteiger partial charge in [0.15, 0.2) is 0 Å². The van der Waals surface area contributed by atoms with Gasteiger partial charge in [-0.1, -0.05) is 24.3 Å². The molecule has 0 amide bonds. The van der Waals surface area contributed by atoms with Crippen LogP contribution in [0.4, 0.5) is 5.82 Å². The van der Waals surface area contributed by atoms with Crippen LogP contribution < -0.4 is 0 Å². The van der Waals surface area contributed by atoms with Crippen molar-refractivity contribution in [3.63, 3.8) is 0 Å². The highest BCUT2D eigenvalue weighted by Crippen LogP contribution is 2.26. The van der Waals surface area contributed by atoms with Crippen molar-refractivity contribution in [3.05, 3.63) is 64.3 Å². The minimum absolute atomic E-state index is 0.177. The summed E-state index contributed by atoms with van der Waals surface area (Å²) in [6, 6.07) is 11.3. The van der Waals surface area contributed by atoms with Gasteiger partial charge in [-0.2, -0.15) is 0 Å². The summed E-state index contributed by atoms with van der Waals surface area (Å²) in [6.45, 7) is 0. The molecule has 0 saturated heterocycles. The average Bonchev–Trinajstić information content (AvgIpc) is 2.95. The van der Waals surface area contributed by atoms with Crippen LogP contribution in [0, 0.1) is 10.1 Å². The molecule has 3 rings (SSSR count). The van der Waals surface area contributed by atoms with Gasteiger partial charge in [0.25, 0.3) is 0 Å². The van der Waals surface area contributed by atoms with Crippen LogP contribution in [0.15, 0.2) is 48.7 Å². The number of hydrogen-bond donors (Lipinski definition) is 1. The second-order valence-corrected chi connectivity index (χ2v) is 4.36. The number of nitrogens with zero attached hydrogens (tertiary/aromatic N) is 3. The summed E-state index contributed by atoms with van der Waals surface area (Å²) in [4.78, 5) is 21.4. The second kappa shape index (κ2) is 4.71. The highest BCUT2D eigenvalue weighted by Gasteiger charge is 2.16. The third-order valence-electron chi connectivity index (χ3n) is 3.14. The third-order valence-corrected chi connectivity index (χ3v) is 3.14. The van der Waals surface area contributed by atoms with Gasteiger partial charge in [-0.3, -0.25) is 0 Å². The van der Waals surface area contributed by atoms with E-state index in [2.05, 4.69) is 5.10 Å².